The lowest BCUT2D eigenvalue weighted by Crippen LogP contribution is -2.32. The summed E-state index contributed by atoms with van der Waals surface area (Å²) < 4.78 is 7.49. The molecule has 3 heterocycles. The smallest absolute Gasteiger partial charge is 0.287 e. The fourth-order valence-corrected chi connectivity index (χ4v) is 4.08. The van der Waals surface area contributed by atoms with E-state index in [0.29, 0.717) is 31.2 Å². The van der Waals surface area contributed by atoms with E-state index in [4.69, 9.17) is 4.74 Å². The van der Waals surface area contributed by atoms with E-state index in [9.17, 15) is 9.59 Å². The zero-order valence-corrected chi connectivity index (χ0v) is 16.9. The van der Waals surface area contributed by atoms with Crippen LogP contribution in [0.2, 0.25) is 0 Å². The Morgan fingerprint density at radius 2 is 2.10 bits per heavy atom. The first-order valence-electron chi connectivity index (χ1n) is 10.4. The van der Waals surface area contributed by atoms with E-state index in [1.165, 1.54) is 0 Å². The number of fused-ring (bicyclic) bond motifs is 1. The lowest BCUT2D eigenvalue weighted by molar-refractivity contribution is 0.0853. The van der Waals surface area contributed by atoms with Crippen LogP contribution in [0.5, 0.6) is 0 Å². The molecule has 0 bridgehead atoms. The van der Waals surface area contributed by atoms with Crippen LogP contribution in [-0.4, -0.2) is 40.6 Å². The van der Waals surface area contributed by atoms with Crippen LogP contribution in [0.4, 0.5) is 0 Å². The maximum absolute atomic E-state index is 12.8. The number of aryl methyl sites for hydroxylation is 1. The van der Waals surface area contributed by atoms with Gasteiger partial charge in [-0.05, 0) is 44.6 Å². The van der Waals surface area contributed by atoms with E-state index in [1.54, 1.807) is 0 Å². The van der Waals surface area contributed by atoms with Gasteiger partial charge in [-0.2, -0.15) is 0 Å². The summed E-state index contributed by atoms with van der Waals surface area (Å²) in [5, 5.41) is 5.88. The second-order valence-electron chi connectivity index (χ2n) is 7.86. The van der Waals surface area contributed by atoms with Crippen LogP contribution in [0.25, 0.3) is 0 Å². The number of rotatable bonds is 6. The number of imidazole rings is 1. The normalized spacial score (nSPS) is 18.3. The molecule has 0 spiro atoms. The van der Waals surface area contributed by atoms with Gasteiger partial charge in [-0.25, -0.2) is 4.98 Å². The molecule has 2 N–H and O–H groups in total. The van der Waals surface area contributed by atoms with Gasteiger partial charge < -0.3 is 19.9 Å². The van der Waals surface area contributed by atoms with Crippen molar-refractivity contribution in [1.29, 1.82) is 0 Å². The minimum absolute atomic E-state index is 0.0782. The van der Waals surface area contributed by atoms with Crippen molar-refractivity contribution < 1.29 is 14.3 Å². The molecule has 1 atom stereocenters. The second kappa shape index (κ2) is 8.78. The van der Waals surface area contributed by atoms with Crippen LogP contribution in [0.15, 0.2) is 24.3 Å². The van der Waals surface area contributed by atoms with Crippen LogP contribution < -0.4 is 10.6 Å². The van der Waals surface area contributed by atoms with Crippen LogP contribution in [0.3, 0.4) is 0 Å². The van der Waals surface area contributed by atoms with E-state index >= 15 is 0 Å². The average molecular weight is 396 g/mol. The van der Waals surface area contributed by atoms with E-state index in [1.807, 2.05) is 35.8 Å². The van der Waals surface area contributed by atoms with Gasteiger partial charge in [0.25, 0.3) is 11.8 Å². The number of carbonyl (C=O) groups is 2. The third kappa shape index (κ3) is 4.50. The third-order valence-corrected chi connectivity index (χ3v) is 5.59. The molecule has 2 aliphatic rings. The van der Waals surface area contributed by atoms with Crippen LogP contribution in [0, 0.1) is 6.92 Å². The first-order chi connectivity index (χ1) is 14.1. The summed E-state index contributed by atoms with van der Waals surface area (Å²) >= 11 is 0. The largest absolute Gasteiger partial charge is 0.376 e. The minimum atomic E-state index is -0.243. The summed E-state index contributed by atoms with van der Waals surface area (Å²) in [6.45, 7) is 4.42. The highest BCUT2D eigenvalue weighted by Crippen LogP contribution is 2.21. The van der Waals surface area contributed by atoms with Gasteiger partial charge in [-0.15, -0.1) is 0 Å². The second-order valence-corrected chi connectivity index (χ2v) is 7.86. The summed E-state index contributed by atoms with van der Waals surface area (Å²) in [6.07, 6.45) is 4.83. The Morgan fingerprint density at radius 1 is 1.21 bits per heavy atom. The number of hydrogen-bond donors (Lipinski definition) is 2. The molecule has 0 radical (unpaired) electrons. The zero-order valence-electron chi connectivity index (χ0n) is 16.9. The monoisotopic (exact) mass is 396 g/mol. The topological polar surface area (TPSA) is 85.2 Å². The van der Waals surface area contributed by atoms with Crippen molar-refractivity contribution in [3.63, 3.8) is 0 Å². The lowest BCUT2D eigenvalue weighted by atomic mass is 10.1. The summed E-state index contributed by atoms with van der Waals surface area (Å²) in [7, 11) is 0. The Labute approximate surface area is 170 Å². The summed E-state index contributed by atoms with van der Waals surface area (Å²) in [4.78, 5) is 30.0. The molecule has 2 aliphatic heterocycles. The van der Waals surface area contributed by atoms with Crippen molar-refractivity contribution in [3.8, 4) is 0 Å². The van der Waals surface area contributed by atoms with Crippen molar-refractivity contribution in [2.24, 2.45) is 0 Å². The fourth-order valence-electron chi connectivity index (χ4n) is 4.08. The summed E-state index contributed by atoms with van der Waals surface area (Å²) in [5.74, 6) is -0.133. The number of carbonyl (C=O) groups excluding carboxylic acids is 2. The standard InChI is InChI=1S/C22H28N4O3/c1-15-6-4-7-16(12-15)13-23-22(28)20-25-19(18-9-2-3-10-26(18)20)21(27)24-14-17-8-5-11-29-17/h4,6-7,12,17H,2-3,5,8-11,13-14H2,1H3,(H,23,28)(H,24,27). The summed E-state index contributed by atoms with van der Waals surface area (Å²) in [5.41, 5.74) is 3.43. The first-order valence-corrected chi connectivity index (χ1v) is 10.4. The minimum Gasteiger partial charge on any atom is -0.376 e. The van der Waals surface area contributed by atoms with Crippen LogP contribution >= 0.6 is 0 Å². The Hall–Kier alpha value is -2.67. The maximum Gasteiger partial charge on any atom is 0.287 e. The predicted octanol–water partition coefficient (Wildman–Crippen LogP) is 2.37. The molecule has 154 valence electrons. The van der Waals surface area contributed by atoms with Crippen molar-refractivity contribution >= 4 is 11.8 Å². The molecule has 7 nitrogen and oxygen atoms in total. The molecule has 1 fully saturated rings. The van der Waals surface area contributed by atoms with E-state index < -0.39 is 0 Å². The van der Waals surface area contributed by atoms with Gasteiger partial charge in [0, 0.05) is 26.2 Å². The Balaban J connectivity index is 1.47. The SMILES string of the molecule is Cc1cccc(CNC(=O)c2nc(C(=O)NCC3CCCO3)c3n2CCCC3)c1. The number of aromatic nitrogens is 2. The van der Waals surface area contributed by atoms with Gasteiger partial charge in [0.1, 0.15) is 5.69 Å². The molecule has 0 saturated carbocycles. The number of ether oxygens (including phenoxy) is 1. The maximum atomic E-state index is 12.8. The third-order valence-electron chi connectivity index (χ3n) is 5.59. The van der Waals surface area contributed by atoms with E-state index in [-0.39, 0.29) is 17.9 Å². The van der Waals surface area contributed by atoms with E-state index in [2.05, 4.69) is 15.6 Å². The van der Waals surface area contributed by atoms with Crippen molar-refractivity contribution in [1.82, 2.24) is 20.2 Å². The summed E-state index contributed by atoms with van der Waals surface area (Å²) in [6, 6.07) is 8.03. The number of amides is 2. The van der Waals surface area contributed by atoms with Crippen LogP contribution in [-0.2, 0) is 24.2 Å². The molecule has 1 aromatic carbocycles. The highest BCUT2D eigenvalue weighted by molar-refractivity contribution is 5.97. The van der Waals surface area contributed by atoms with Gasteiger partial charge in [0.05, 0.1) is 11.8 Å². The Kier molecular flexibility index (Phi) is 5.94. The lowest BCUT2D eigenvalue weighted by Gasteiger charge is -2.17. The molecule has 2 aromatic rings. The molecule has 0 aliphatic carbocycles. The van der Waals surface area contributed by atoms with E-state index in [0.717, 1.165) is 55.5 Å². The molecule has 7 heteroatoms. The number of benzene rings is 1. The van der Waals surface area contributed by atoms with Gasteiger partial charge >= 0.3 is 0 Å². The van der Waals surface area contributed by atoms with Crippen molar-refractivity contribution in [2.75, 3.05) is 13.2 Å². The molecule has 2 amide bonds. The average Bonchev–Trinajstić information content (AvgIpc) is 3.38. The highest BCUT2D eigenvalue weighted by Gasteiger charge is 2.28. The molecule has 4 rings (SSSR count). The number of nitrogens with one attached hydrogen (secondary N) is 2. The fraction of sp³-hybridized carbons (Fsp3) is 0.500. The zero-order chi connectivity index (χ0) is 20.2. The molecule has 1 saturated heterocycles. The molecular formula is C22H28N4O3. The van der Waals surface area contributed by atoms with Gasteiger partial charge in [-0.3, -0.25) is 9.59 Å². The van der Waals surface area contributed by atoms with Gasteiger partial charge in [0.2, 0.25) is 0 Å². The number of hydrogen-bond acceptors (Lipinski definition) is 4. The van der Waals surface area contributed by atoms with Crippen LogP contribution in [0.1, 0.15) is 63.6 Å². The molecule has 29 heavy (non-hydrogen) atoms. The first kappa shape index (κ1) is 19.6. The quantitative estimate of drug-likeness (QED) is 0.785. The van der Waals surface area contributed by atoms with Crippen molar-refractivity contribution in [2.45, 2.75) is 58.2 Å². The van der Waals surface area contributed by atoms with Gasteiger partial charge in [0.15, 0.2) is 5.82 Å². The Morgan fingerprint density at radius 3 is 2.90 bits per heavy atom. The van der Waals surface area contributed by atoms with Crippen molar-refractivity contribution in [3.05, 3.63) is 52.6 Å². The number of nitrogens with zero attached hydrogens (tertiary/aromatic N) is 2. The highest BCUT2D eigenvalue weighted by atomic mass is 16.5. The van der Waals surface area contributed by atoms with Gasteiger partial charge in [-0.1, -0.05) is 29.8 Å². The molecule has 1 aromatic heterocycles. The Bertz CT molecular complexity index is 899. The molecular weight excluding hydrogens is 368 g/mol. The molecule has 1 unspecified atom stereocenters. The predicted molar refractivity (Wildman–Crippen MR) is 109 cm³/mol.